The lowest BCUT2D eigenvalue weighted by molar-refractivity contribution is -0.130. The number of ether oxygens (including phenoxy) is 2. The van der Waals surface area contributed by atoms with Crippen molar-refractivity contribution in [2.24, 2.45) is 0 Å². The molecule has 0 aromatic heterocycles. The molecule has 0 aliphatic rings. The number of rotatable bonds is 6. The number of halogens is 1. The molecule has 2 aromatic rings. The first-order chi connectivity index (χ1) is 11.4. The van der Waals surface area contributed by atoms with E-state index in [4.69, 9.17) is 21.1 Å². The molecular formula is C19H19ClO4. The number of hydrogen-bond donors (Lipinski definition) is 1. The van der Waals surface area contributed by atoms with Crippen LogP contribution >= 0.6 is 11.6 Å². The summed E-state index contributed by atoms with van der Waals surface area (Å²) in [4.78, 5) is 11.7. The molecule has 126 valence electrons. The Morgan fingerprint density at radius 2 is 1.83 bits per heavy atom. The van der Waals surface area contributed by atoms with Crippen LogP contribution < -0.4 is 9.47 Å². The maximum atomic E-state index is 11.7. The molecule has 0 fully saturated rings. The Balaban J connectivity index is 2.42. The topological polar surface area (TPSA) is 55.8 Å². The smallest absolute Gasteiger partial charge is 0.336 e. The maximum absolute atomic E-state index is 11.7. The van der Waals surface area contributed by atoms with Gasteiger partial charge in [0, 0.05) is 10.6 Å². The number of carboxylic acid groups (broad SMARTS) is 1. The van der Waals surface area contributed by atoms with E-state index in [9.17, 15) is 9.90 Å². The van der Waals surface area contributed by atoms with E-state index in [1.54, 1.807) is 48.5 Å². The van der Waals surface area contributed by atoms with Crippen LogP contribution in [0.2, 0.25) is 5.02 Å². The zero-order chi connectivity index (χ0) is 17.7. The summed E-state index contributed by atoms with van der Waals surface area (Å²) in [7, 11) is 1.49. The fourth-order valence-corrected chi connectivity index (χ4v) is 2.40. The van der Waals surface area contributed by atoms with Crippen molar-refractivity contribution in [3.8, 4) is 11.5 Å². The normalized spacial score (nSPS) is 11.5. The molecule has 0 amide bonds. The number of carboxylic acids is 1. The van der Waals surface area contributed by atoms with Crippen molar-refractivity contribution in [1.82, 2.24) is 0 Å². The summed E-state index contributed by atoms with van der Waals surface area (Å²) in [6.07, 6.45) is 1.66. The van der Waals surface area contributed by atoms with Crippen LogP contribution in [0.5, 0.6) is 11.5 Å². The Kier molecular flexibility index (Phi) is 5.88. The van der Waals surface area contributed by atoms with E-state index >= 15 is 0 Å². The van der Waals surface area contributed by atoms with Crippen molar-refractivity contribution < 1.29 is 19.4 Å². The summed E-state index contributed by atoms with van der Waals surface area (Å²) in [5.74, 6) is 0.130. The highest BCUT2D eigenvalue weighted by Gasteiger charge is 2.16. The van der Waals surface area contributed by atoms with Gasteiger partial charge in [0.1, 0.15) is 11.5 Å². The quantitative estimate of drug-likeness (QED) is 0.605. The van der Waals surface area contributed by atoms with Gasteiger partial charge in [0.2, 0.25) is 0 Å². The third-order valence-electron chi connectivity index (χ3n) is 3.24. The minimum Gasteiger partial charge on any atom is -0.496 e. The average molecular weight is 347 g/mol. The Labute approximate surface area is 146 Å². The minimum atomic E-state index is -1.06. The summed E-state index contributed by atoms with van der Waals surface area (Å²) in [5, 5.41) is 10.0. The predicted molar refractivity (Wildman–Crippen MR) is 95.7 cm³/mol. The molecule has 1 N–H and O–H groups in total. The van der Waals surface area contributed by atoms with Crippen molar-refractivity contribution >= 4 is 29.2 Å². The third kappa shape index (κ3) is 4.52. The fraction of sp³-hybridized carbons (Fsp3) is 0.211. The molecule has 0 aliphatic carbocycles. The van der Waals surface area contributed by atoms with Gasteiger partial charge in [0.25, 0.3) is 0 Å². The van der Waals surface area contributed by atoms with Crippen LogP contribution in [0.1, 0.15) is 25.0 Å². The predicted octanol–water partition coefficient (Wildman–Crippen LogP) is 4.76. The third-order valence-corrected chi connectivity index (χ3v) is 3.48. The first kappa shape index (κ1) is 17.9. The molecule has 0 unspecified atom stereocenters. The Bertz CT molecular complexity index is 748. The molecule has 0 saturated heterocycles. The minimum absolute atomic E-state index is 0.0803. The van der Waals surface area contributed by atoms with Gasteiger partial charge in [0.15, 0.2) is 0 Å². The van der Waals surface area contributed by atoms with Gasteiger partial charge in [-0.3, -0.25) is 0 Å². The maximum Gasteiger partial charge on any atom is 0.336 e. The van der Waals surface area contributed by atoms with Gasteiger partial charge >= 0.3 is 5.97 Å². The van der Waals surface area contributed by atoms with Crippen molar-refractivity contribution in [2.75, 3.05) is 7.11 Å². The van der Waals surface area contributed by atoms with Gasteiger partial charge in [-0.25, -0.2) is 4.79 Å². The molecule has 0 aliphatic heterocycles. The summed E-state index contributed by atoms with van der Waals surface area (Å²) in [6, 6.07) is 12.1. The molecule has 2 rings (SSSR count). The monoisotopic (exact) mass is 346 g/mol. The van der Waals surface area contributed by atoms with Crippen molar-refractivity contribution in [2.45, 2.75) is 20.0 Å². The van der Waals surface area contributed by atoms with Crippen molar-refractivity contribution in [3.63, 3.8) is 0 Å². The molecule has 2 aromatic carbocycles. The summed E-state index contributed by atoms with van der Waals surface area (Å²) in [6.45, 7) is 3.89. The van der Waals surface area contributed by atoms with Gasteiger partial charge < -0.3 is 14.6 Å². The van der Waals surface area contributed by atoms with Crippen LogP contribution in [-0.2, 0) is 4.79 Å². The molecule has 0 bridgehead atoms. The molecule has 24 heavy (non-hydrogen) atoms. The molecule has 5 heteroatoms. The van der Waals surface area contributed by atoms with Gasteiger partial charge in [-0.15, -0.1) is 0 Å². The van der Waals surface area contributed by atoms with E-state index in [0.29, 0.717) is 16.3 Å². The van der Waals surface area contributed by atoms with E-state index in [1.165, 1.54) is 7.11 Å². The second kappa shape index (κ2) is 7.88. The lowest BCUT2D eigenvalue weighted by Crippen LogP contribution is -2.05. The van der Waals surface area contributed by atoms with Gasteiger partial charge in [-0.2, -0.15) is 0 Å². The number of aliphatic carboxylic acids is 1. The Morgan fingerprint density at radius 3 is 2.38 bits per heavy atom. The Hall–Kier alpha value is -2.46. The first-order valence-corrected chi connectivity index (χ1v) is 7.84. The average Bonchev–Trinajstić information content (AvgIpc) is 2.53. The van der Waals surface area contributed by atoms with Crippen LogP contribution in [0.15, 0.2) is 42.5 Å². The number of hydrogen-bond acceptors (Lipinski definition) is 3. The van der Waals surface area contributed by atoms with E-state index < -0.39 is 5.97 Å². The van der Waals surface area contributed by atoms with Crippen LogP contribution in [0, 0.1) is 0 Å². The summed E-state index contributed by atoms with van der Waals surface area (Å²) >= 11 is 6.00. The SMILES string of the molecule is COc1ccc(Cl)cc1/C(=C/c1ccc(OC(C)C)cc1)C(=O)O. The zero-order valence-electron chi connectivity index (χ0n) is 13.7. The molecule has 0 spiro atoms. The Morgan fingerprint density at radius 1 is 1.17 bits per heavy atom. The van der Waals surface area contributed by atoms with Gasteiger partial charge in [0.05, 0.1) is 18.8 Å². The molecule has 0 atom stereocenters. The van der Waals surface area contributed by atoms with Gasteiger partial charge in [-0.05, 0) is 55.8 Å². The lowest BCUT2D eigenvalue weighted by atomic mass is 10.0. The zero-order valence-corrected chi connectivity index (χ0v) is 14.5. The number of benzene rings is 2. The molecule has 0 saturated carbocycles. The second-order valence-electron chi connectivity index (χ2n) is 5.44. The largest absolute Gasteiger partial charge is 0.496 e. The highest BCUT2D eigenvalue weighted by Crippen LogP contribution is 2.31. The van der Waals surface area contributed by atoms with Crippen LogP contribution in [0.25, 0.3) is 11.6 Å². The second-order valence-corrected chi connectivity index (χ2v) is 5.88. The van der Waals surface area contributed by atoms with E-state index in [2.05, 4.69) is 0 Å². The molecule has 0 heterocycles. The van der Waals surface area contributed by atoms with Crippen molar-refractivity contribution in [1.29, 1.82) is 0 Å². The number of methoxy groups -OCH3 is 1. The standard InChI is InChI=1S/C19H19ClO4/c1-12(2)24-15-7-4-13(5-8-15)10-17(19(21)22)16-11-14(20)6-9-18(16)23-3/h4-12H,1-3H3,(H,21,22)/b17-10-. The van der Waals surface area contributed by atoms with E-state index in [1.807, 2.05) is 13.8 Å². The molecule has 4 nitrogen and oxygen atoms in total. The van der Waals surface area contributed by atoms with Crippen molar-refractivity contribution in [3.05, 3.63) is 58.6 Å². The van der Waals surface area contributed by atoms with Gasteiger partial charge in [-0.1, -0.05) is 23.7 Å². The summed E-state index contributed by atoms with van der Waals surface area (Å²) in [5.41, 5.74) is 1.28. The van der Waals surface area contributed by atoms with Crippen LogP contribution in [-0.4, -0.2) is 24.3 Å². The lowest BCUT2D eigenvalue weighted by Gasteiger charge is -2.11. The first-order valence-electron chi connectivity index (χ1n) is 7.46. The van der Waals surface area contributed by atoms with E-state index in [0.717, 1.165) is 11.3 Å². The van der Waals surface area contributed by atoms with E-state index in [-0.39, 0.29) is 11.7 Å². The highest BCUT2D eigenvalue weighted by atomic mass is 35.5. The number of carbonyl (C=O) groups is 1. The molecular weight excluding hydrogens is 328 g/mol. The van der Waals surface area contributed by atoms with Crippen LogP contribution in [0.3, 0.4) is 0 Å². The highest BCUT2D eigenvalue weighted by molar-refractivity contribution is 6.31. The summed E-state index contributed by atoms with van der Waals surface area (Å²) < 4.78 is 10.8. The molecule has 0 radical (unpaired) electrons. The van der Waals surface area contributed by atoms with Crippen LogP contribution in [0.4, 0.5) is 0 Å². The fourth-order valence-electron chi connectivity index (χ4n) is 2.23.